The third-order valence-corrected chi connectivity index (χ3v) is 3.27. The molecule has 2 rings (SSSR count). The van der Waals surface area contributed by atoms with Gasteiger partial charge in [0.2, 0.25) is 0 Å². The van der Waals surface area contributed by atoms with Gasteiger partial charge < -0.3 is 9.84 Å². The number of aliphatic hydroxyl groups excluding tert-OH is 1. The maximum absolute atomic E-state index is 11.6. The molecule has 1 aliphatic rings. The smallest absolute Gasteiger partial charge is 0.390 e. The largest absolute Gasteiger partial charge is 0.567 e. The number of aromatic amines is 1. The Bertz CT molecular complexity index is 578. The number of ether oxygens (including phenoxy) is 1. The van der Waals surface area contributed by atoms with Gasteiger partial charge in [0.1, 0.15) is 18.9 Å². The summed E-state index contributed by atoms with van der Waals surface area (Å²) in [7, 11) is -4.41. The Morgan fingerprint density at radius 1 is 1.45 bits per heavy atom. The number of H-pyrrole nitrogens is 1. The zero-order valence-electron chi connectivity index (χ0n) is 10.1. The minimum Gasteiger partial charge on any atom is -0.390 e. The molecule has 0 bridgehead atoms. The van der Waals surface area contributed by atoms with Gasteiger partial charge in [-0.25, -0.2) is 4.79 Å². The summed E-state index contributed by atoms with van der Waals surface area (Å²) in [6, 6.07) is 1.13. The van der Waals surface area contributed by atoms with Crippen LogP contribution < -0.4 is 11.2 Å². The molecule has 0 spiro atoms. The molecule has 0 amide bonds. The zero-order chi connectivity index (χ0) is 14.9. The van der Waals surface area contributed by atoms with Gasteiger partial charge in [-0.1, -0.05) is 0 Å². The first-order valence-corrected chi connectivity index (χ1v) is 7.19. The van der Waals surface area contributed by atoms with Crippen molar-refractivity contribution in [2.45, 2.75) is 24.9 Å². The van der Waals surface area contributed by atoms with Crippen molar-refractivity contribution in [1.29, 1.82) is 0 Å². The van der Waals surface area contributed by atoms with Gasteiger partial charge in [0.15, 0.2) is 0 Å². The molecule has 0 aliphatic carbocycles. The highest BCUT2D eigenvalue weighted by Crippen LogP contribution is 2.46. The summed E-state index contributed by atoms with van der Waals surface area (Å²) >= 11 is 0. The SMILES string of the molecule is O=c1ccn([C@H]2C[C@H](O)[C@@H](CO[P+](O)(O)O)O2)c(=O)[nH]1. The number of hydrogen-bond donors (Lipinski definition) is 5. The number of nitrogens with zero attached hydrogens (tertiary/aromatic N) is 1. The third kappa shape index (κ3) is 3.70. The van der Waals surface area contributed by atoms with Gasteiger partial charge >= 0.3 is 13.9 Å². The lowest BCUT2D eigenvalue weighted by molar-refractivity contribution is -0.0476. The Hall–Kier alpha value is -1.13. The second-order valence-corrected chi connectivity index (χ2v) is 5.54. The molecule has 20 heavy (non-hydrogen) atoms. The van der Waals surface area contributed by atoms with Gasteiger partial charge in [-0.05, 0) is 0 Å². The molecule has 0 radical (unpaired) electrons. The molecule has 0 saturated carbocycles. The Morgan fingerprint density at radius 2 is 2.15 bits per heavy atom. The van der Waals surface area contributed by atoms with Crippen LogP contribution in [0.4, 0.5) is 0 Å². The van der Waals surface area contributed by atoms with Crippen molar-refractivity contribution in [3.8, 4) is 0 Å². The fraction of sp³-hybridized carbons (Fsp3) is 0.556. The van der Waals surface area contributed by atoms with E-state index in [9.17, 15) is 14.7 Å². The molecule has 11 heteroatoms. The summed E-state index contributed by atoms with van der Waals surface area (Å²) in [6.07, 6.45) is -1.52. The first-order chi connectivity index (χ1) is 9.26. The molecular weight excluding hydrogens is 295 g/mol. The molecule has 3 atom stereocenters. The van der Waals surface area contributed by atoms with Crippen LogP contribution >= 0.6 is 8.17 Å². The van der Waals surface area contributed by atoms with Crippen LogP contribution in [-0.4, -0.2) is 48.2 Å². The van der Waals surface area contributed by atoms with Crippen molar-refractivity contribution in [1.82, 2.24) is 9.55 Å². The van der Waals surface area contributed by atoms with Gasteiger partial charge in [-0.3, -0.25) is 14.3 Å². The van der Waals surface area contributed by atoms with Gasteiger partial charge in [-0.15, -0.1) is 0 Å². The number of rotatable bonds is 4. The Morgan fingerprint density at radius 3 is 2.75 bits per heavy atom. The predicted molar refractivity (Wildman–Crippen MR) is 65.4 cm³/mol. The van der Waals surface area contributed by atoms with Gasteiger partial charge in [0.25, 0.3) is 5.56 Å². The fourth-order valence-electron chi connectivity index (χ4n) is 1.86. The van der Waals surface area contributed by atoms with Crippen molar-refractivity contribution in [3.05, 3.63) is 33.1 Å². The highest BCUT2D eigenvalue weighted by atomic mass is 31.2. The lowest BCUT2D eigenvalue weighted by Gasteiger charge is -2.15. The van der Waals surface area contributed by atoms with Crippen LogP contribution in [0.3, 0.4) is 0 Å². The van der Waals surface area contributed by atoms with Crippen LogP contribution in [0.1, 0.15) is 12.6 Å². The van der Waals surface area contributed by atoms with E-state index >= 15 is 0 Å². The average molecular weight is 309 g/mol. The molecule has 2 heterocycles. The van der Waals surface area contributed by atoms with E-state index in [1.54, 1.807) is 0 Å². The van der Waals surface area contributed by atoms with Crippen LogP contribution in [-0.2, 0) is 9.26 Å². The lowest BCUT2D eigenvalue weighted by atomic mass is 10.2. The second kappa shape index (κ2) is 5.70. The molecule has 1 aromatic heterocycles. The minimum absolute atomic E-state index is 0.0493. The summed E-state index contributed by atoms with van der Waals surface area (Å²) in [5, 5.41) is 9.74. The van der Waals surface area contributed by atoms with Crippen LogP contribution in [0.5, 0.6) is 0 Å². The van der Waals surface area contributed by atoms with Crippen LogP contribution in [0.2, 0.25) is 0 Å². The van der Waals surface area contributed by atoms with E-state index in [2.05, 4.69) is 4.52 Å². The Labute approximate surface area is 112 Å². The van der Waals surface area contributed by atoms with Crippen LogP contribution in [0.15, 0.2) is 21.9 Å². The zero-order valence-corrected chi connectivity index (χ0v) is 11.0. The van der Waals surface area contributed by atoms with E-state index in [0.29, 0.717) is 0 Å². The van der Waals surface area contributed by atoms with Crippen molar-refractivity contribution in [2.24, 2.45) is 0 Å². The topological polar surface area (TPSA) is 154 Å². The molecule has 0 unspecified atom stereocenters. The minimum atomic E-state index is -4.41. The number of nitrogens with one attached hydrogen (secondary N) is 1. The normalized spacial score (nSPS) is 26.9. The molecule has 1 saturated heterocycles. The molecule has 1 aromatic rings. The number of aromatic nitrogens is 2. The van der Waals surface area contributed by atoms with Gasteiger partial charge in [-0.2, -0.15) is 19.2 Å². The van der Waals surface area contributed by atoms with E-state index in [1.807, 2.05) is 4.98 Å². The Kier molecular flexibility index (Phi) is 4.35. The lowest BCUT2D eigenvalue weighted by Crippen LogP contribution is -2.31. The van der Waals surface area contributed by atoms with Gasteiger partial charge in [0.05, 0.1) is 6.10 Å². The number of aliphatic hydroxyl groups is 1. The first kappa shape index (κ1) is 15.3. The maximum Gasteiger partial charge on any atom is 0.567 e. The maximum atomic E-state index is 11.6. The van der Waals surface area contributed by atoms with E-state index in [4.69, 9.17) is 19.4 Å². The van der Waals surface area contributed by atoms with E-state index < -0.39 is 44.5 Å². The fourth-order valence-corrected chi connectivity index (χ4v) is 2.21. The summed E-state index contributed by atoms with van der Waals surface area (Å²) in [5.74, 6) is 0. The first-order valence-electron chi connectivity index (χ1n) is 5.63. The van der Waals surface area contributed by atoms with E-state index in [1.165, 1.54) is 6.20 Å². The molecule has 1 fully saturated rings. The van der Waals surface area contributed by atoms with Crippen molar-refractivity contribution in [3.63, 3.8) is 0 Å². The summed E-state index contributed by atoms with van der Waals surface area (Å²) in [6.45, 7) is -0.451. The van der Waals surface area contributed by atoms with E-state index in [0.717, 1.165) is 10.6 Å². The molecule has 1 aliphatic heterocycles. The van der Waals surface area contributed by atoms with Crippen molar-refractivity contribution >= 4 is 8.17 Å². The average Bonchev–Trinajstić information content (AvgIpc) is 2.67. The standard InChI is InChI=1S/C9H13N2O8P/c12-5-3-8(11-2-1-7(13)10-9(11)14)19-6(5)4-18-20(15,16)17/h1-2,5-6,8,12,15-17H,3-4H2/p+1/t5-,6+,8+/m0/s1. The number of hydrogen-bond acceptors (Lipinski definition) is 8. The highest BCUT2D eigenvalue weighted by Gasteiger charge is 2.41. The third-order valence-electron chi connectivity index (χ3n) is 2.78. The quantitative estimate of drug-likeness (QED) is 0.395. The summed E-state index contributed by atoms with van der Waals surface area (Å²) in [5.41, 5.74) is -1.25. The van der Waals surface area contributed by atoms with E-state index in [-0.39, 0.29) is 6.42 Å². The molecule has 10 nitrogen and oxygen atoms in total. The monoisotopic (exact) mass is 309 g/mol. The van der Waals surface area contributed by atoms with Crippen LogP contribution in [0.25, 0.3) is 0 Å². The Balaban J connectivity index is 2.06. The predicted octanol–water partition coefficient (Wildman–Crippen LogP) is -2.14. The van der Waals surface area contributed by atoms with Crippen LogP contribution in [0, 0.1) is 0 Å². The molecule has 112 valence electrons. The molecule has 0 aromatic carbocycles. The molecule has 5 N–H and O–H groups in total. The summed E-state index contributed by atoms with van der Waals surface area (Å²) < 4.78 is 10.8. The highest BCUT2D eigenvalue weighted by molar-refractivity contribution is 7.53. The molecular formula is C9H14N2O8P+. The van der Waals surface area contributed by atoms with Gasteiger partial charge in [0, 0.05) is 18.7 Å². The second-order valence-electron chi connectivity index (χ2n) is 4.26. The van der Waals surface area contributed by atoms with Crippen molar-refractivity contribution < 1.29 is 29.0 Å². The van der Waals surface area contributed by atoms with Crippen molar-refractivity contribution in [2.75, 3.05) is 6.61 Å². The summed E-state index contributed by atoms with van der Waals surface area (Å²) in [4.78, 5) is 50.6.